The van der Waals surface area contributed by atoms with E-state index >= 15 is 0 Å². The number of fused-ring (bicyclic) bond motifs is 1. The number of nitrogens with one attached hydrogen (secondary N) is 2. The number of likely N-dealkylation sites (N-methyl/N-ethyl adjacent to an activating group) is 1. The average molecular weight is 303 g/mol. The maximum atomic E-state index is 12.2. The van der Waals surface area contributed by atoms with Crippen molar-refractivity contribution in [3.63, 3.8) is 0 Å². The van der Waals surface area contributed by atoms with Crippen molar-refractivity contribution in [2.24, 2.45) is 0 Å². The van der Waals surface area contributed by atoms with Gasteiger partial charge in [-0.05, 0) is 17.5 Å². The first-order valence-electron chi connectivity index (χ1n) is 7.61. The van der Waals surface area contributed by atoms with Gasteiger partial charge in [-0.25, -0.2) is 4.79 Å². The first-order valence-corrected chi connectivity index (χ1v) is 7.61. The molecule has 2 aliphatic rings. The molecule has 6 nitrogen and oxygen atoms in total. The summed E-state index contributed by atoms with van der Waals surface area (Å²) in [5.74, 6) is 0.110. The van der Waals surface area contributed by atoms with Crippen molar-refractivity contribution in [3.8, 4) is 0 Å². The second-order valence-electron chi connectivity index (χ2n) is 6.08. The fraction of sp³-hybridized carbons (Fsp3) is 0.500. The molecule has 0 bridgehead atoms. The summed E-state index contributed by atoms with van der Waals surface area (Å²) >= 11 is 0. The molecule has 3 N–H and O–H groups in total. The summed E-state index contributed by atoms with van der Waals surface area (Å²) in [7, 11) is 1.74. The van der Waals surface area contributed by atoms with E-state index in [1.807, 2.05) is 24.3 Å². The molecule has 1 aliphatic carbocycles. The Morgan fingerprint density at radius 2 is 2.09 bits per heavy atom. The highest BCUT2D eigenvalue weighted by atomic mass is 16.3. The van der Waals surface area contributed by atoms with E-state index in [-0.39, 0.29) is 24.0 Å². The Morgan fingerprint density at radius 3 is 2.86 bits per heavy atom. The van der Waals surface area contributed by atoms with E-state index in [0.717, 1.165) is 11.1 Å². The number of aliphatic hydroxyl groups excluding tert-OH is 1. The minimum absolute atomic E-state index is 0.0449. The number of hydrogen-bond acceptors (Lipinski definition) is 3. The number of urea groups is 1. The van der Waals surface area contributed by atoms with Crippen molar-refractivity contribution < 1.29 is 14.7 Å². The maximum Gasteiger partial charge on any atom is 0.315 e. The van der Waals surface area contributed by atoms with Gasteiger partial charge in [-0.1, -0.05) is 24.3 Å². The van der Waals surface area contributed by atoms with E-state index in [9.17, 15) is 14.7 Å². The molecule has 118 valence electrons. The van der Waals surface area contributed by atoms with E-state index < -0.39 is 6.10 Å². The van der Waals surface area contributed by atoms with Crippen LogP contribution in [0.5, 0.6) is 0 Å². The fourth-order valence-electron chi connectivity index (χ4n) is 3.25. The molecule has 1 unspecified atom stereocenters. The first-order chi connectivity index (χ1) is 10.5. The molecule has 0 saturated carbocycles. The number of amides is 3. The molecule has 0 radical (unpaired) electrons. The minimum Gasteiger partial charge on any atom is -0.390 e. The van der Waals surface area contributed by atoms with E-state index in [2.05, 4.69) is 10.6 Å². The smallest absolute Gasteiger partial charge is 0.315 e. The van der Waals surface area contributed by atoms with Gasteiger partial charge in [0.15, 0.2) is 0 Å². The Hall–Kier alpha value is -2.08. The third kappa shape index (κ3) is 2.92. The van der Waals surface area contributed by atoms with Crippen molar-refractivity contribution in [3.05, 3.63) is 35.4 Å². The zero-order valence-electron chi connectivity index (χ0n) is 12.6. The van der Waals surface area contributed by atoms with E-state index in [1.165, 1.54) is 0 Å². The molecule has 1 heterocycles. The largest absolute Gasteiger partial charge is 0.390 e. The van der Waals surface area contributed by atoms with Gasteiger partial charge >= 0.3 is 6.03 Å². The number of carbonyl (C=O) groups excluding carboxylic acids is 2. The Morgan fingerprint density at radius 1 is 1.32 bits per heavy atom. The van der Waals surface area contributed by atoms with Gasteiger partial charge in [0.05, 0.1) is 12.1 Å². The minimum atomic E-state index is -0.598. The van der Waals surface area contributed by atoms with Crippen LogP contribution in [0.1, 0.15) is 30.0 Å². The van der Waals surface area contributed by atoms with Gasteiger partial charge in [-0.3, -0.25) is 4.79 Å². The topological polar surface area (TPSA) is 81.7 Å². The summed E-state index contributed by atoms with van der Waals surface area (Å²) in [5.41, 5.74) is 2.05. The molecule has 22 heavy (non-hydrogen) atoms. The highest BCUT2D eigenvalue weighted by molar-refractivity contribution is 5.78. The lowest BCUT2D eigenvalue weighted by atomic mass is 10.1. The monoisotopic (exact) mass is 303 g/mol. The van der Waals surface area contributed by atoms with Crippen molar-refractivity contribution in [1.82, 2.24) is 15.5 Å². The Bertz CT molecular complexity index is 590. The van der Waals surface area contributed by atoms with E-state index in [1.54, 1.807) is 11.9 Å². The third-order valence-electron chi connectivity index (χ3n) is 4.45. The lowest BCUT2D eigenvalue weighted by molar-refractivity contribution is -0.132. The number of aliphatic hydroxyl groups is 1. The number of hydrogen-bond donors (Lipinski definition) is 3. The van der Waals surface area contributed by atoms with Crippen LogP contribution < -0.4 is 10.6 Å². The molecular formula is C16H21N3O3. The maximum absolute atomic E-state index is 12.2. The lowest BCUT2D eigenvalue weighted by Crippen LogP contribution is -2.52. The second-order valence-corrected chi connectivity index (χ2v) is 6.08. The lowest BCUT2D eigenvalue weighted by Gasteiger charge is -2.30. The van der Waals surface area contributed by atoms with Gasteiger partial charge in [0.1, 0.15) is 0 Å². The van der Waals surface area contributed by atoms with Gasteiger partial charge in [0.2, 0.25) is 5.91 Å². The molecule has 1 saturated heterocycles. The number of rotatable bonds is 2. The molecule has 6 heteroatoms. The number of nitrogens with zero attached hydrogens (tertiary/aromatic N) is 1. The number of likely N-dealkylation sites (tertiary alicyclic amines) is 1. The van der Waals surface area contributed by atoms with Gasteiger partial charge in [-0.15, -0.1) is 0 Å². The van der Waals surface area contributed by atoms with Crippen molar-refractivity contribution in [2.45, 2.75) is 37.5 Å². The second kappa shape index (κ2) is 5.96. The molecule has 3 rings (SSSR count). The van der Waals surface area contributed by atoms with Crippen LogP contribution in [-0.2, 0) is 11.2 Å². The summed E-state index contributed by atoms with van der Waals surface area (Å²) in [6, 6.07) is 7.03. The number of benzene rings is 1. The molecule has 0 spiro atoms. The Kier molecular flexibility index (Phi) is 4.02. The summed E-state index contributed by atoms with van der Waals surface area (Å²) in [4.78, 5) is 25.3. The Labute approximate surface area is 129 Å². The molecule has 3 atom stereocenters. The summed E-state index contributed by atoms with van der Waals surface area (Å²) in [6.07, 6.45) is 1.07. The highest BCUT2D eigenvalue weighted by Gasteiger charge is 2.32. The zero-order valence-corrected chi connectivity index (χ0v) is 12.6. The number of carbonyl (C=O) groups is 2. The molecule has 1 fully saturated rings. The summed E-state index contributed by atoms with van der Waals surface area (Å²) < 4.78 is 0. The fourth-order valence-corrected chi connectivity index (χ4v) is 3.25. The Balaban J connectivity index is 1.59. The van der Waals surface area contributed by atoms with Crippen LogP contribution in [0.4, 0.5) is 4.79 Å². The van der Waals surface area contributed by atoms with Gasteiger partial charge in [-0.2, -0.15) is 0 Å². The van der Waals surface area contributed by atoms with Crippen LogP contribution in [-0.4, -0.2) is 47.7 Å². The van der Waals surface area contributed by atoms with Crippen molar-refractivity contribution in [1.29, 1.82) is 0 Å². The molecule has 1 aromatic rings. The predicted octanol–water partition coefficient (Wildman–Crippen LogP) is 0.565. The predicted molar refractivity (Wildman–Crippen MR) is 81.2 cm³/mol. The van der Waals surface area contributed by atoms with Crippen LogP contribution in [0.2, 0.25) is 0 Å². The quantitative estimate of drug-likeness (QED) is 0.747. The van der Waals surface area contributed by atoms with Crippen LogP contribution in [0.15, 0.2) is 24.3 Å². The summed E-state index contributed by atoms with van der Waals surface area (Å²) in [6.45, 7) is 0.524. The van der Waals surface area contributed by atoms with E-state index in [0.29, 0.717) is 25.8 Å². The average Bonchev–Trinajstić information content (AvgIpc) is 2.79. The third-order valence-corrected chi connectivity index (χ3v) is 4.45. The highest BCUT2D eigenvalue weighted by Crippen LogP contribution is 2.31. The molecular weight excluding hydrogens is 282 g/mol. The summed E-state index contributed by atoms with van der Waals surface area (Å²) in [5, 5.41) is 15.9. The van der Waals surface area contributed by atoms with Crippen LogP contribution in [0.25, 0.3) is 0 Å². The van der Waals surface area contributed by atoms with Crippen LogP contribution >= 0.6 is 0 Å². The van der Waals surface area contributed by atoms with Crippen LogP contribution in [0.3, 0.4) is 0 Å². The molecule has 3 amide bonds. The normalized spacial score (nSPS) is 27.5. The molecule has 1 aromatic carbocycles. The van der Waals surface area contributed by atoms with E-state index in [4.69, 9.17) is 0 Å². The molecule has 1 aliphatic heterocycles. The zero-order chi connectivity index (χ0) is 15.7. The van der Waals surface area contributed by atoms with Crippen molar-refractivity contribution in [2.75, 3.05) is 13.6 Å². The van der Waals surface area contributed by atoms with Gasteiger partial charge in [0, 0.05) is 32.5 Å². The van der Waals surface area contributed by atoms with Gasteiger partial charge < -0.3 is 20.6 Å². The number of piperidine rings is 1. The molecule has 0 aromatic heterocycles. The standard InChI is InChI=1S/C16H21N3O3/c1-19-9-11(6-7-14(19)21)17-16(22)18-15-12-5-3-2-4-10(12)8-13(15)20/h2-5,11,13,15,20H,6-9H2,1H3,(H2,17,18,22)/t11?,13-,15+/m0/s1. The van der Waals surface area contributed by atoms with Gasteiger partial charge in [0.25, 0.3) is 0 Å². The SMILES string of the molecule is CN1CC(NC(=O)N[C@@H]2c3ccccc3C[C@@H]2O)CCC1=O. The van der Waals surface area contributed by atoms with Crippen LogP contribution in [0, 0.1) is 0 Å². The first kappa shape index (κ1) is 14.8. The van der Waals surface area contributed by atoms with Crippen molar-refractivity contribution >= 4 is 11.9 Å².